The van der Waals surface area contributed by atoms with Crippen LogP contribution in [-0.4, -0.2) is 25.6 Å². The van der Waals surface area contributed by atoms with Crippen molar-refractivity contribution in [1.29, 1.82) is 0 Å². The molecule has 0 saturated carbocycles. The van der Waals surface area contributed by atoms with Crippen molar-refractivity contribution in [2.45, 2.75) is 11.8 Å². The summed E-state index contributed by atoms with van der Waals surface area (Å²) >= 11 is 0.914. The zero-order valence-corrected chi connectivity index (χ0v) is 18.1. The lowest BCUT2D eigenvalue weighted by Crippen LogP contribution is -2.18. The molecule has 0 bridgehead atoms. The number of nitrogens with one attached hydrogen (secondary N) is 1. The van der Waals surface area contributed by atoms with Crippen molar-refractivity contribution in [3.8, 4) is 5.69 Å². The maximum Gasteiger partial charge on any atom is 0.349 e. The number of benzene rings is 2. The number of anilines is 1. The van der Waals surface area contributed by atoms with Gasteiger partial charge < -0.3 is 4.74 Å². The van der Waals surface area contributed by atoms with Gasteiger partial charge in [0.05, 0.1) is 12.3 Å². The fourth-order valence-electron chi connectivity index (χ4n) is 3.19. The smallest absolute Gasteiger partial charge is 0.349 e. The van der Waals surface area contributed by atoms with Gasteiger partial charge in [0.1, 0.15) is 14.6 Å². The summed E-state index contributed by atoms with van der Waals surface area (Å²) in [6, 6.07) is 19.9. The van der Waals surface area contributed by atoms with Gasteiger partial charge in [-0.15, -0.1) is 11.3 Å². The molecule has 0 atom stereocenters. The first-order valence-electron chi connectivity index (χ1n) is 9.41. The van der Waals surface area contributed by atoms with Crippen LogP contribution in [0.15, 0.2) is 82.5 Å². The molecule has 1 N–H and O–H groups in total. The SMILES string of the molecule is CCOC(=O)c1sc2c(ccc(=O)n2-c2ccccc2)c1S(=O)(=O)Nc1ccccc1. The highest BCUT2D eigenvalue weighted by Gasteiger charge is 2.31. The minimum atomic E-state index is -4.16. The largest absolute Gasteiger partial charge is 0.462 e. The van der Waals surface area contributed by atoms with Crippen molar-refractivity contribution in [2.24, 2.45) is 0 Å². The number of sulfonamides is 1. The number of carbonyl (C=O) groups excluding carboxylic acids is 1. The molecule has 31 heavy (non-hydrogen) atoms. The zero-order valence-electron chi connectivity index (χ0n) is 16.4. The number of thiophene rings is 1. The lowest BCUT2D eigenvalue weighted by atomic mass is 10.2. The number of esters is 1. The van der Waals surface area contributed by atoms with E-state index in [0.29, 0.717) is 16.2 Å². The summed E-state index contributed by atoms with van der Waals surface area (Å²) in [6.45, 7) is 1.73. The van der Waals surface area contributed by atoms with Crippen LogP contribution in [0.3, 0.4) is 0 Å². The number of pyridine rings is 1. The third kappa shape index (κ3) is 3.97. The van der Waals surface area contributed by atoms with E-state index in [9.17, 15) is 18.0 Å². The highest BCUT2D eigenvalue weighted by atomic mass is 32.2. The number of rotatable bonds is 6. The van der Waals surface area contributed by atoms with Crippen LogP contribution in [0.5, 0.6) is 0 Å². The van der Waals surface area contributed by atoms with E-state index in [1.807, 2.05) is 6.07 Å². The lowest BCUT2D eigenvalue weighted by Gasteiger charge is -2.10. The van der Waals surface area contributed by atoms with Crippen LogP contribution in [0.4, 0.5) is 5.69 Å². The Morgan fingerprint density at radius 1 is 1.00 bits per heavy atom. The van der Waals surface area contributed by atoms with Gasteiger partial charge in [-0.1, -0.05) is 36.4 Å². The van der Waals surface area contributed by atoms with Crippen LogP contribution in [0, 0.1) is 0 Å². The van der Waals surface area contributed by atoms with Gasteiger partial charge in [0.25, 0.3) is 15.6 Å². The average molecular weight is 455 g/mol. The molecule has 0 spiro atoms. The minimum absolute atomic E-state index is 0.0874. The first-order chi connectivity index (χ1) is 14.9. The number of ether oxygens (including phenoxy) is 1. The quantitative estimate of drug-likeness (QED) is 0.444. The molecule has 0 amide bonds. The van der Waals surface area contributed by atoms with Crippen LogP contribution in [0.2, 0.25) is 0 Å². The molecule has 2 heterocycles. The van der Waals surface area contributed by atoms with E-state index in [1.54, 1.807) is 61.5 Å². The van der Waals surface area contributed by atoms with Gasteiger partial charge in [0, 0.05) is 17.1 Å². The Hall–Kier alpha value is -3.43. The molecule has 0 aliphatic rings. The van der Waals surface area contributed by atoms with Crippen LogP contribution in [0.25, 0.3) is 15.9 Å². The molecule has 7 nitrogen and oxygen atoms in total. The second kappa shape index (κ2) is 8.37. The van der Waals surface area contributed by atoms with Crippen LogP contribution in [-0.2, 0) is 14.8 Å². The maximum absolute atomic E-state index is 13.3. The van der Waals surface area contributed by atoms with Gasteiger partial charge in [0.15, 0.2) is 0 Å². The van der Waals surface area contributed by atoms with Crippen LogP contribution in [0.1, 0.15) is 16.6 Å². The standard InChI is InChI=1S/C22H18N2O5S2/c1-2-29-22(26)19-20(31(27,28)23-15-9-5-3-6-10-15)17-13-14-18(25)24(21(17)30-19)16-11-7-4-8-12-16/h3-14,23H,2H2,1H3. The summed E-state index contributed by atoms with van der Waals surface area (Å²) in [5.74, 6) is -0.760. The van der Waals surface area contributed by atoms with Gasteiger partial charge in [-0.05, 0) is 37.3 Å². The molecule has 0 aliphatic heterocycles. The number of para-hydroxylation sites is 2. The lowest BCUT2D eigenvalue weighted by molar-refractivity contribution is 0.0528. The van der Waals surface area contributed by atoms with Crippen LogP contribution >= 0.6 is 11.3 Å². The molecule has 0 aliphatic carbocycles. The number of aromatic nitrogens is 1. The second-order valence-electron chi connectivity index (χ2n) is 6.51. The number of nitrogens with zero attached hydrogens (tertiary/aromatic N) is 1. The molecule has 158 valence electrons. The number of hydrogen-bond acceptors (Lipinski definition) is 6. The van der Waals surface area contributed by atoms with Crippen molar-refractivity contribution >= 4 is 43.2 Å². The molecule has 2 aromatic heterocycles. The molecule has 0 radical (unpaired) electrons. The average Bonchev–Trinajstić information content (AvgIpc) is 3.15. The molecule has 4 aromatic rings. The monoisotopic (exact) mass is 454 g/mol. The number of fused-ring (bicyclic) bond motifs is 1. The highest BCUT2D eigenvalue weighted by molar-refractivity contribution is 7.93. The molecule has 2 aromatic carbocycles. The predicted molar refractivity (Wildman–Crippen MR) is 121 cm³/mol. The van der Waals surface area contributed by atoms with Gasteiger partial charge >= 0.3 is 5.97 Å². The molecule has 0 unspecified atom stereocenters. The third-order valence-corrected chi connectivity index (χ3v) is 7.23. The highest BCUT2D eigenvalue weighted by Crippen LogP contribution is 2.36. The van der Waals surface area contributed by atoms with Gasteiger partial charge in [-0.25, -0.2) is 13.2 Å². The van der Waals surface area contributed by atoms with Gasteiger partial charge in [-0.3, -0.25) is 14.1 Å². The van der Waals surface area contributed by atoms with Gasteiger partial charge in [0.2, 0.25) is 0 Å². The number of hydrogen-bond donors (Lipinski definition) is 1. The van der Waals surface area contributed by atoms with E-state index < -0.39 is 16.0 Å². The molecular weight excluding hydrogens is 436 g/mol. The van der Waals surface area contributed by atoms with Crippen molar-refractivity contribution < 1.29 is 17.9 Å². The first kappa shape index (κ1) is 20.8. The second-order valence-corrected chi connectivity index (χ2v) is 9.13. The summed E-state index contributed by atoms with van der Waals surface area (Å²) in [5.41, 5.74) is 0.582. The van der Waals surface area contributed by atoms with E-state index >= 15 is 0 Å². The van der Waals surface area contributed by atoms with E-state index in [-0.39, 0.29) is 27.3 Å². The zero-order chi connectivity index (χ0) is 22.0. The third-order valence-electron chi connectivity index (χ3n) is 4.47. The number of carbonyl (C=O) groups is 1. The summed E-state index contributed by atoms with van der Waals surface area (Å²) in [7, 11) is -4.16. The first-order valence-corrected chi connectivity index (χ1v) is 11.7. The predicted octanol–water partition coefficient (Wildman–Crippen LogP) is 4.03. The minimum Gasteiger partial charge on any atom is -0.462 e. The molecule has 4 rings (SSSR count). The van der Waals surface area contributed by atoms with Crippen molar-refractivity contribution in [1.82, 2.24) is 4.57 Å². The fourth-order valence-corrected chi connectivity index (χ4v) is 6.15. The maximum atomic E-state index is 13.3. The molecule has 0 fully saturated rings. The molecule has 0 saturated heterocycles. The summed E-state index contributed by atoms with van der Waals surface area (Å²) < 4.78 is 35.7. The fraction of sp³-hybridized carbons (Fsp3) is 0.0909. The van der Waals surface area contributed by atoms with E-state index in [4.69, 9.17) is 4.74 Å². The van der Waals surface area contributed by atoms with Crippen molar-refractivity contribution in [3.05, 3.63) is 88.0 Å². The topological polar surface area (TPSA) is 94.5 Å². The van der Waals surface area contributed by atoms with E-state index in [1.165, 1.54) is 16.7 Å². The Labute approximate surface area is 182 Å². The van der Waals surface area contributed by atoms with E-state index in [0.717, 1.165) is 11.3 Å². The summed E-state index contributed by atoms with van der Waals surface area (Å²) in [6.07, 6.45) is 0. The Morgan fingerprint density at radius 2 is 1.65 bits per heavy atom. The Bertz CT molecular complexity index is 1410. The van der Waals surface area contributed by atoms with Crippen molar-refractivity contribution in [3.63, 3.8) is 0 Å². The van der Waals surface area contributed by atoms with Crippen molar-refractivity contribution in [2.75, 3.05) is 11.3 Å². The summed E-state index contributed by atoms with van der Waals surface area (Å²) in [5, 5.41) is 0.264. The van der Waals surface area contributed by atoms with Gasteiger partial charge in [-0.2, -0.15) is 0 Å². The summed E-state index contributed by atoms with van der Waals surface area (Å²) in [4.78, 5) is 25.4. The Morgan fingerprint density at radius 3 is 2.29 bits per heavy atom. The Kier molecular flexibility index (Phi) is 5.62. The van der Waals surface area contributed by atoms with E-state index in [2.05, 4.69) is 4.72 Å². The molecular formula is C22H18N2O5S2. The Balaban J connectivity index is 2.00. The van der Waals surface area contributed by atoms with Crippen LogP contribution < -0.4 is 10.3 Å². The normalized spacial score (nSPS) is 11.4. The molecule has 9 heteroatoms.